The van der Waals surface area contributed by atoms with Gasteiger partial charge in [-0.15, -0.1) is 0 Å². The van der Waals surface area contributed by atoms with E-state index in [9.17, 15) is 5.26 Å². The summed E-state index contributed by atoms with van der Waals surface area (Å²) in [5.41, 5.74) is 4.07. The van der Waals surface area contributed by atoms with Gasteiger partial charge in [-0.05, 0) is 36.5 Å². The van der Waals surface area contributed by atoms with E-state index in [2.05, 4.69) is 31.0 Å². The Balaban J connectivity index is 2.82. The van der Waals surface area contributed by atoms with Gasteiger partial charge in [0.1, 0.15) is 12.1 Å². The van der Waals surface area contributed by atoms with Gasteiger partial charge in [-0.1, -0.05) is 13.8 Å². The molecule has 0 aliphatic heterocycles. The van der Waals surface area contributed by atoms with Crippen LogP contribution in [0.2, 0.25) is 0 Å². The van der Waals surface area contributed by atoms with Crippen LogP contribution in [0.1, 0.15) is 36.1 Å². The number of fused-ring (bicyclic) bond motifs is 1. The van der Waals surface area contributed by atoms with E-state index in [0.29, 0.717) is 17.0 Å². The average molecular weight is 237 g/mol. The lowest BCUT2D eigenvalue weighted by Gasteiger charge is -2.06. The molecule has 0 saturated heterocycles. The van der Waals surface area contributed by atoms with Gasteiger partial charge >= 0.3 is 0 Å². The number of nitriles is 2. The number of H-pyrrole nitrogens is 1. The molecule has 2 rings (SSSR count). The number of nitrogens with one attached hydrogen (secondary N) is 1. The van der Waals surface area contributed by atoms with Crippen LogP contribution in [0.15, 0.2) is 12.3 Å². The Morgan fingerprint density at radius 2 is 2.00 bits per heavy atom. The van der Waals surface area contributed by atoms with Crippen molar-refractivity contribution in [3.05, 3.63) is 34.5 Å². The Labute approximate surface area is 107 Å². The zero-order chi connectivity index (χ0) is 13.3. The second-order valence-corrected chi connectivity index (χ2v) is 5.00. The van der Waals surface area contributed by atoms with E-state index in [-0.39, 0.29) is 0 Å². The highest BCUT2D eigenvalue weighted by Gasteiger charge is 2.15. The molecule has 1 aromatic heterocycles. The lowest BCUT2D eigenvalue weighted by Crippen LogP contribution is -1.95. The van der Waals surface area contributed by atoms with E-state index in [4.69, 9.17) is 5.26 Å². The molecule has 0 amide bonds. The summed E-state index contributed by atoms with van der Waals surface area (Å²) in [5, 5.41) is 19.4. The van der Waals surface area contributed by atoms with E-state index in [1.807, 2.05) is 13.1 Å². The van der Waals surface area contributed by atoms with Crippen molar-refractivity contribution in [3.8, 4) is 12.1 Å². The van der Waals surface area contributed by atoms with Gasteiger partial charge in [0.15, 0.2) is 0 Å². The quantitative estimate of drug-likeness (QED) is 0.869. The smallest absolute Gasteiger partial charge is 0.101 e. The largest absolute Gasteiger partial charge is 0.360 e. The van der Waals surface area contributed by atoms with Crippen molar-refractivity contribution in [2.24, 2.45) is 5.92 Å². The lowest BCUT2D eigenvalue weighted by molar-refractivity contribution is 0.650. The first-order valence-corrected chi connectivity index (χ1v) is 6.02. The minimum absolute atomic E-state index is 0.515. The summed E-state index contributed by atoms with van der Waals surface area (Å²) >= 11 is 0. The van der Waals surface area contributed by atoms with E-state index in [1.54, 1.807) is 6.07 Å². The first-order chi connectivity index (χ1) is 8.58. The summed E-state index contributed by atoms with van der Waals surface area (Å²) in [7, 11) is 0. The van der Waals surface area contributed by atoms with Gasteiger partial charge in [-0.2, -0.15) is 10.5 Å². The summed E-state index contributed by atoms with van der Waals surface area (Å²) in [4.78, 5) is 3.14. The fourth-order valence-corrected chi connectivity index (χ4v) is 2.35. The molecule has 0 aliphatic carbocycles. The number of aryl methyl sites for hydroxylation is 1. The molecule has 18 heavy (non-hydrogen) atoms. The third-order valence-corrected chi connectivity index (χ3v) is 3.10. The van der Waals surface area contributed by atoms with Gasteiger partial charge in [-0.25, -0.2) is 0 Å². The molecule has 3 nitrogen and oxygen atoms in total. The van der Waals surface area contributed by atoms with E-state index < -0.39 is 0 Å². The van der Waals surface area contributed by atoms with Crippen molar-refractivity contribution in [1.82, 2.24) is 4.98 Å². The minimum Gasteiger partial charge on any atom is -0.360 e. The molecular weight excluding hydrogens is 222 g/mol. The SMILES string of the molecule is Cc1cc(C#N)c2[nH]cc(CC(C)C)c2c1C#N. The Bertz CT molecular complexity index is 678. The summed E-state index contributed by atoms with van der Waals surface area (Å²) in [5.74, 6) is 0.515. The Kier molecular flexibility index (Phi) is 3.08. The number of aromatic nitrogens is 1. The summed E-state index contributed by atoms with van der Waals surface area (Å²) in [6, 6.07) is 6.22. The number of rotatable bonds is 2. The Morgan fingerprint density at radius 1 is 1.28 bits per heavy atom. The molecule has 0 unspecified atom stereocenters. The zero-order valence-corrected chi connectivity index (χ0v) is 10.8. The third-order valence-electron chi connectivity index (χ3n) is 3.10. The van der Waals surface area contributed by atoms with Crippen molar-refractivity contribution in [2.75, 3.05) is 0 Å². The topological polar surface area (TPSA) is 63.4 Å². The molecule has 3 heteroatoms. The van der Waals surface area contributed by atoms with Crippen molar-refractivity contribution in [3.63, 3.8) is 0 Å². The molecule has 0 aliphatic rings. The van der Waals surface area contributed by atoms with Crippen LogP contribution in [0.5, 0.6) is 0 Å². The molecule has 1 aromatic carbocycles. The zero-order valence-electron chi connectivity index (χ0n) is 10.8. The molecule has 0 bridgehead atoms. The monoisotopic (exact) mass is 237 g/mol. The highest BCUT2D eigenvalue weighted by molar-refractivity contribution is 5.93. The van der Waals surface area contributed by atoms with Gasteiger partial charge in [0.2, 0.25) is 0 Å². The number of benzene rings is 1. The van der Waals surface area contributed by atoms with Crippen molar-refractivity contribution in [2.45, 2.75) is 27.2 Å². The van der Waals surface area contributed by atoms with Gasteiger partial charge in [0.25, 0.3) is 0 Å². The van der Waals surface area contributed by atoms with Gasteiger partial charge in [-0.3, -0.25) is 0 Å². The van der Waals surface area contributed by atoms with Crippen molar-refractivity contribution in [1.29, 1.82) is 10.5 Å². The predicted molar refractivity (Wildman–Crippen MR) is 71.0 cm³/mol. The first kappa shape index (κ1) is 12.2. The van der Waals surface area contributed by atoms with E-state index >= 15 is 0 Å². The molecule has 1 N–H and O–H groups in total. The van der Waals surface area contributed by atoms with Crippen LogP contribution in [0.3, 0.4) is 0 Å². The van der Waals surface area contributed by atoms with Crippen molar-refractivity contribution < 1.29 is 0 Å². The standard InChI is InChI=1S/C15H15N3/c1-9(2)4-12-8-18-15-11(6-16)5-10(3)13(7-17)14(12)15/h5,8-9,18H,4H2,1-3H3. The summed E-state index contributed by atoms with van der Waals surface area (Å²) < 4.78 is 0. The van der Waals surface area contributed by atoms with Crippen LogP contribution in [0, 0.1) is 35.5 Å². The molecule has 0 fully saturated rings. The minimum atomic E-state index is 0.515. The van der Waals surface area contributed by atoms with Gasteiger partial charge in [0, 0.05) is 11.6 Å². The fraction of sp³-hybridized carbons (Fsp3) is 0.333. The highest BCUT2D eigenvalue weighted by Crippen LogP contribution is 2.29. The van der Waals surface area contributed by atoms with E-state index in [1.165, 1.54) is 0 Å². The normalized spacial score (nSPS) is 10.6. The van der Waals surface area contributed by atoms with Gasteiger partial charge in [0.05, 0.1) is 16.6 Å². The molecule has 0 radical (unpaired) electrons. The average Bonchev–Trinajstić information content (AvgIpc) is 2.71. The van der Waals surface area contributed by atoms with Crippen LogP contribution < -0.4 is 0 Å². The molecule has 0 spiro atoms. The molecule has 2 aromatic rings. The fourth-order valence-electron chi connectivity index (χ4n) is 2.35. The molecule has 0 atom stereocenters. The Hall–Kier alpha value is -2.26. The molecular formula is C15H15N3. The maximum atomic E-state index is 9.31. The molecule has 1 heterocycles. The second-order valence-electron chi connectivity index (χ2n) is 5.00. The predicted octanol–water partition coefficient (Wildman–Crippen LogP) is 3.42. The van der Waals surface area contributed by atoms with Gasteiger partial charge < -0.3 is 4.98 Å². The highest BCUT2D eigenvalue weighted by atomic mass is 14.7. The van der Waals surface area contributed by atoms with Crippen LogP contribution in [0.4, 0.5) is 0 Å². The number of hydrogen-bond donors (Lipinski definition) is 1. The Morgan fingerprint density at radius 3 is 2.56 bits per heavy atom. The van der Waals surface area contributed by atoms with E-state index in [0.717, 1.165) is 28.5 Å². The number of hydrogen-bond acceptors (Lipinski definition) is 2. The lowest BCUT2D eigenvalue weighted by atomic mass is 9.95. The van der Waals surface area contributed by atoms with Crippen molar-refractivity contribution >= 4 is 10.9 Å². The third kappa shape index (κ3) is 1.85. The van der Waals surface area contributed by atoms with Crippen LogP contribution in [0.25, 0.3) is 10.9 Å². The maximum absolute atomic E-state index is 9.31. The number of aromatic amines is 1. The van der Waals surface area contributed by atoms with Crippen LogP contribution in [-0.2, 0) is 6.42 Å². The second kappa shape index (κ2) is 4.55. The first-order valence-electron chi connectivity index (χ1n) is 6.02. The summed E-state index contributed by atoms with van der Waals surface area (Å²) in [6.45, 7) is 6.17. The van der Waals surface area contributed by atoms with Crippen LogP contribution >= 0.6 is 0 Å². The number of nitrogens with zero attached hydrogens (tertiary/aromatic N) is 2. The maximum Gasteiger partial charge on any atom is 0.101 e. The summed E-state index contributed by atoms with van der Waals surface area (Å²) in [6.07, 6.45) is 2.83. The molecule has 0 saturated carbocycles. The molecule has 90 valence electrons. The van der Waals surface area contributed by atoms with Crippen LogP contribution in [-0.4, -0.2) is 4.98 Å².